The summed E-state index contributed by atoms with van der Waals surface area (Å²) in [6.07, 6.45) is 9.35. The molecule has 3 nitrogen and oxygen atoms in total. The van der Waals surface area contributed by atoms with E-state index in [1.54, 1.807) is 0 Å². The summed E-state index contributed by atoms with van der Waals surface area (Å²) in [6, 6.07) is 0.458. The maximum absolute atomic E-state index is 12.6. The number of amides is 1. The minimum atomic E-state index is -0.140. The molecule has 1 saturated carbocycles. The molecule has 2 fully saturated rings. The molecule has 1 heterocycles. The quantitative estimate of drug-likeness (QED) is 0.755. The van der Waals surface area contributed by atoms with Crippen LogP contribution in [0, 0.1) is 0 Å². The molecule has 0 aromatic carbocycles. The van der Waals surface area contributed by atoms with Gasteiger partial charge in [-0.25, -0.2) is 0 Å². The maximum Gasteiger partial charge on any atom is 0.244 e. The molecule has 3 heteroatoms. The van der Waals surface area contributed by atoms with Gasteiger partial charge in [0.1, 0.15) is 0 Å². The molecule has 2 unspecified atom stereocenters. The second-order valence-corrected chi connectivity index (χ2v) is 5.95. The van der Waals surface area contributed by atoms with E-state index in [-0.39, 0.29) is 11.7 Å². The standard InChI is InChI=1S/C15H28N2O/c1-4-7-9-12(8-5-2)17-13(6-3)16-15(10-11-15)14(17)18/h12-13,16H,4-11H2,1-3H3. The van der Waals surface area contributed by atoms with Gasteiger partial charge >= 0.3 is 0 Å². The van der Waals surface area contributed by atoms with Crippen molar-refractivity contribution in [2.45, 2.75) is 89.9 Å². The van der Waals surface area contributed by atoms with Crippen LogP contribution in [-0.4, -0.2) is 28.6 Å². The van der Waals surface area contributed by atoms with Crippen molar-refractivity contribution >= 4 is 5.91 Å². The number of nitrogens with zero attached hydrogens (tertiary/aromatic N) is 1. The smallest absolute Gasteiger partial charge is 0.244 e. The first kappa shape index (κ1) is 13.9. The zero-order valence-electron chi connectivity index (χ0n) is 12.2. The molecule has 0 bridgehead atoms. The highest BCUT2D eigenvalue weighted by atomic mass is 16.2. The lowest BCUT2D eigenvalue weighted by Gasteiger charge is -2.32. The molecule has 1 spiro atoms. The second kappa shape index (κ2) is 5.60. The largest absolute Gasteiger partial charge is 0.323 e. The molecule has 0 aromatic rings. The van der Waals surface area contributed by atoms with Crippen LogP contribution >= 0.6 is 0 Å². The lowest BCUT2D eigenvalue weighted by atomic mass is 10.0. The fourth-order valence-corrected chi connectivity index (χ4v) is 3.24. The third-order valence-corrected chi connectivity index (χ3v) is 4.47. The van der Waals surface area contributed by atoms with Crippen molar-refractivity contribution in [1.29, 1.82) is 0 Å². The molecule has 1 amide bonds. The number of carbonyl (C=O) groups excluding carboxylic acids is 1. The first-order chi connectivity index (χ1) is 8.68. The average Bonchev–Trinajstić information content (AvgIpc) is 3.09. The monoisotopic (exact) mass is 252 g/mol. The summed E-state index contributed by atoms with van der Waals surface area (Å²) in [5, 5.41) is 3.58. The van der Waals surface area contributed by atoms with Crippen LogP contribution < -0.4 is 5.32 Å². The SMILES string of the molecule is CCCCC(CCC)N1C(=O)C2(CC2)NC1CC. The molecule has 104 valence electrons. The van der Waals surface area contributed by atoms with Crippen molar-refractivity contribution < 1.29 is 4.79 Å². The summed E-state index contributed by atoms with van der Waals surface area (Å²) < 4.78 is 0. The molecule has 1 aliphatic heterocycles. The van der Waals surface area contributed by atoms with Crippen LogP contribution in [0.3, 0.4) is 0 Å². The number of hydrogen-bond donors (Lipinski definition) is 1. The summed E-state index contributed by atoms with van der Waals surface area (Å²) in [6.45, 7) is 6.63. The zero-order valence-corrected chi connectivity index (χ0v) is 12.2. The zero-order chi connectivity index (χ0) is 13.2. The van der Waals surface area contributed by atoms with E-state index in [9.17, 15) is 4.79 Å². The van der Waals surface area contributed by atoms with Gasteiger partial charge in [0.25, 0.3) is 0 Å². The Kier molecular flexibility index (Phi) is 4.31. The van der Waals surface area contributed by atoms with Crippen molar-refractivity contribution in [3.8, 4) is 0 Å². The Morgan fingerprint density at radius 2 is 2.00 bits per heavy atom. The first-order valence-corrected chi connectivity index (χ1v) is 7.79. The van der Waals surface area contributed by atoms with E-state index in [1.165, 1.54) is 25.7 Å². The van der Waals surface area contributed by atoms with Crippen molar-refractivity contribution in [1.82, 2.24) is 10.2 Å². The van der Waals surface area contributed by atoms with Gasteiger partial charge in [-0.15, -0.1) is 0 Å². The number of hydrogen-bond acceptors (Lipinski definition) is 2. The Labute approximate surface area is 111 Å². The van der Waals surface area contributed by atoms with Crippen LogP contribution in [-0.2, 0) is 4.79 Å². The Morgan fingerprint density at radius 1 is 1.28 bits per heavy atom. The molecule has 18 heavy (non-hydrogen) atoms. The number of rotatable bonds is 7. The fraction of sp³-hybridized carbons (Fsp3) is 0.933. The highest BCUT2D eigenvalue weighted by Crippen LogP contribution is 2.44. The van der Waals surface area contributed by atoms with Crippen LogP contribution in [0.2, 0.25) is 0 Å². The predicted molar refractivity (Wildman–Crippen MR) is 74.2 cm³/mol. The van der Waals surface area contributed by atoms with Gasteiger partial charge in [-0.05, 0) is 32.1 Å². The molecule has 2 atom stereocenters. The Morgan fingerprint density at radius 3 is 2.50 bits per heavy atom. The number of nitrogens with one attached hydrogen (secondary N) is 1. The summed E-state index contributed by atoms with van der Waals surface area (Å²) in [5.41, 5.74) is -0.140. The Hall–Kier alpha value is -0.570. The average molecular weight is 252 g/mol. The van der Waals surface area contributed by atoms with Crippen molar-refractivity contribution in [3.63, 3.8) is 0 Å². The molecule has 2 aliphatic rings. The van der Waals surface area contributed by atoms with Crippen LogP contribution in [0.1, 0.15) is 72.1 Å². The topological polar surface area (TPSA) is 32.3 Å². The molecule has 0 radical (unpaired) electrons. The molecular weight excluding hydrogens is 224 g/mol. The van der Waals surface area contributed by atoms with Gasteiger partial charge in [-0.1, -0.05) is 40.0 Å². The summed E-state index contributed by atoms with van der Waals surface area (Å²) in [7, 11) is 0. The molecule has 2 rings (SSSR count). The third-order valence-electron chi connectivity index (χ3n) is 4.47. The normalized spacial score (nSPS) is 26.9. The Balaban J connectivity index is 2.08. The summed E-state index contributed by atoms with van der Waals surface area (Å²) in [5.74, 6) is 0.393. The highest BCUT2D eigenvalue weighted by Gasteiger charge is 2.59. The highest BCUT2D eigenvalue weighted by molar-refractivity contribution is 5.92. The van der Waals surface area contributed by atoms with E-state index < -0.39 is 0 Å². The lowest BCUT2D eigenvalue weighted by Crippen LogP contribution is -2.44. The van der Waals surface area contributed by atoms with E-state index in [2.05, 4.69) is 31.0 Å². The van der Waals surface area contributed by atoms with E-state index in [0.717, 1.165) is 25.7 Å². The number of carbonyl (C=O) groups is 1. The fourth-order valence-electron chi connectivity index (χ4n) is 3.24. The van der Waals surface area contributed by atoms with Crippen molar-refractivity contribution in [3.05, 3.63) is 0 Å². The van der Waals surface area contributed by atoms with Crippen LogP contribution in [0.15, 0.2) is 0 Å². The van der Waals surface area contributed by atoms with Crippen LogP contribution in [0.5, 0.6) is 0 Å². The van der Waals surface area contributed by atoms with Gasteiger partial charge in [0.15, 0.2) is 0 Å². The van der Waals surface area contributed by atoms with Crippen molar-refractivity contribution in [2.24, 2.45) is 0 Å². The van der Waals surface area contributed by atoms with Gasteiger partial charge in [-0.3, -0.25) is 10.1 Å². The molecule has 1 N–H and O–H groups in total. The van der Waals surface area contributed by atoms with E-state index >= 15 is 0 Å². The van der Waals surface area contributed by atoms with Crippen LogP contribution in [0.25, 0.3) is 0 Å². The third kappa shape index (κ3) is 2.42. The second-order valence-electron chi connectivity index (χ2n) is 5.95. The molecular formula is C15H28N2O. The predicted octanol–water partition coefficient (Wildman–Crippen LogP) is 3.05. The van der Waals surface area contributed by atoms with E-state index in [0.29, 0.717) is 11.9 Å². The van der Waals surface area contributed by atoms with Gasteiger partial charge in [0, 0.05) is 6.04 Å². The van der Waals surface area contributed by atoms with Crippen molar-refractivity contribution in [2.75, 3.05) is 0 Å². The minimum Gasteiger partial charge on any atom is -0.323 e. The molecule has 1 aliphatic carbocycles. The van der Waals surface area contributed by atoms with Gasteiger partial charge in [0.05, 0.1) is 11.7 Å². The molecule has 0 aromatic heterocycles. The van der Waals surface area contributed by atoms with Gasteiger partial charge in [0.2, 0.25) is 5.91 Å². The van der Waals surface area contributed by atoms with E-state index in [4.69, 9.17) is 0 Å². The first-order valence-electron chi connectivity index (χ1n) is 7.79. The van der Waals surface area contributed by atoms with Gasteiger partial charge < -0.3 is 4.90 Å². The number of unbranched alkanes of at least 4 members (excludes halogenated alkanes) is 1. The Bertz CT molecular complexity index is 299. The van der Waals surface area contributed by atoms with E-state index in [1.807, 2.05) is 0 Å². The van der Waals surface area contributed by atoms with Crippen LogP contribution in [0.4, 0.5) is 0 Å². The summed E-state index contributed by atoms with van der Waals surface area (Å²) >= 11 is 0. The van der Waals surface area contributed by atoms with Gasteiger partial charge in [-0.2, -0.15) is 0 Å². The molecule has 1 saturated heterocycles. The maximum atomic E-state index is 12.6. The lowest BCUT2D eigenvalue weighted by molar-refractivity contribution is -0.133. The minimum absolute atomic E-state index is 0.140. The summed E-state index contributed by atoms with van der Waals surface area (Å²) in [4.78, 5) is 14.8.